The SMILES string of the molecule is COc1ccc(NC2=C(c3ccc(C)cc3C)C(=O)N(Cc3ccco3)C2=O)cc1Cl. The van der Waals surface area contributed by atoms with Crippen LogP contribution in [0.4, 0.5) is 5.69 Å². The van der Waals surface area contributed by atoms with Crippen molar-refractivity contribution >= 4 is 34.7 Å². The number of imide groups is 1. The minimum absolute atomic E-state index is 0.0492. The van der Waals surface area contributed by atoms with Crippen molar-refractivity contribution in [2.24, 2.45) is 0 Å². The van der Waals surface area contributed by atoms with Crippen molar-refractivity contribution < 1.29 is 18.7 Å². The molecule has 2 amide bonds. The van der Waals surface area contributed by atoms with Gasteiger partial charge in [0.15, 0.2) is 0 Å². The number of anilines is 1. The van der Waals surface area contributed by atoms with Gasteiger partial charge in [-0.05, 0) is 55.3 Å². The van der Waals surface area contributed by atoms with E-state index >= 15 is 0 Å². The van der Waals surface area contributed by atoms with Gasteiger partial charge in [0.05, 0.1) is 30.5 Å². The number of nitrogens with zero attached hydrogens (tertiary/aromatic N) is 1. The summed E-state index contributed by atoms with van der Waals surface area (Å²) < 4.78 is 10.5. The Hall–Kier alpha value is -3.51. The Kier molecular flexibility index (Phi) is 5.57. The van der Waals surface area contributed by atoms with Crippen molar-refractivity contribution in [1.29, 1.82) is 0 Å². The van der Waals surface area contributed by atoms with Crippen LogP contribution in [0.15, 0.2) is 64.9 Å². The van der Waals surface area contributed by atoms with E-state index in [0.717, 1.165) is 11.1 Å². The largest absolute Gasteiger partial charge is 0.495 e. The third-order valence-electron chi connectivity index (χ3n) is 5.13. The van der Waals surface area contributed by atoms with Crippen molar-refractivity contribution in [3.05, 3.63) is 88.0 Å². The van der Waals surface area contributed by atoms with Gasteiger partial charge in [0.1, 0.15) is 17.2 Å². The molecule has 0 atom stereocenters. The standard InChI is InChI=1S/C24H21ClN2O4/c1-14-6-8-18(15(2)11-14)21-22(26-16-7-9-20(30-3)19(25)12-16)24(29)27(23(21)28)13-17-5-4-10-31-17/h4-12,26H,13H2,1-3H3. The third-order valence-corrected chi connectivity index (χ3v) is 5.43. The molecule has 0 aliphatic carbocycles. The van der Waals surface area contributed by atoms with Crippen LogP contribution in [-0.2, 0) is 16.1 Å². The maximum absolute atomic E-state index is 13.4. The van der Waals surface area contributed by atoms with Crippen molar-refractivity contribution in [2.75, 3.05) is 12.4 Å². The van der Waals surface area contributed by atoms with Gasteiger partial charge in [0.2, 0.25) is 0 Å². The molecule has 31 heavy (non-hydrogen) atoms. The number of furan rings is 1. The number of rotatable bonds is 6. The van der Waals surface area contributed by atoms with Crippen LogP contribution in [0, 0.1) is 13.8 Å². The number of carbonyl (C=O) groups excluding carboxylic acids is 2. The second-order valence-corrected chi connectivity index (χ2v) is 7.73. The van der Waals surface area contributed by atoms with Crippen molar-refractivity contribution in [1.82, 2.24) is 4.90 Å². The van der Waals surface area contributed by atoms with Gasteiger partial charge in [-0.3, -0.25) is 14.5 Å². The minimum atomic E-state index is -0.427. The smallest absolute Gasteiger partial charge is 0.278 e. The second kappa shape index (κ2) is 8.32. The predicted molar refractivity (Wildman–Crippen MR) is 119 cm³/mol. The number of amides is 2. The average molecular weight is 437 g/mol. The van der Waals surface area contributed by atoms with Crippen LogP contribution in [0.3, 0.4) is 0 Å². The zero-order chi connectivity index (χ0) is 22.1. The van der Waals surface area contributed by atoms with Gasteiger partial charge < -0.3 is 14.5 Å². The summed E-state index contributed by atoms with van der Waals surface area (Å²) in [6.07, 6.45) is 1.51. The van der Waals surface area contributed by atoms with E-state index in [9.17, 15) is 9.59 Å². The zero-order valence-corrected chi connectivity index (χ0v) is 18.1. The molecule has 2 aromatic carbocycles. The first kappa shape index (κ1) is 20.8. The predicted octanol–water partition coefficient (Wildman–Crippen LogP) is 4.95. The molecule has 4 rings (SSSR count). The van der Waals surface area contributed by atoms with Crippen LogP contribution < -0.4 is 10.1 Å². The number of hydrogen-bond acceptors (Lipinski definition) is 5. The van der Waals surface area contributed by atoms with Gasteiger partial charge in [-0.2, -0.15) is 0 Å². The molecule has 7 heteroatoms. The first-order chi connectivity index (χ1) is 14.9. The fraction of sp³-hybridized carbons (Fsp3) is 0.167. The Balaban J connectivity index is 1.78. The number of halogens is 1. The van der Waals surface area contributed by atoms with Gasteiger partial charge in [-0.15, -0.1) is 0 Å². The summed E-state index contributed by atoms with van der Waals surface area (Å²) >= 11 is 6.24. The lowest BCUT2D eigenvalue weighted by Gasteiger charge is -2.14. The van der Waals surface area contributed by atoms with Gasteiger partial charge in [-0.1, -0.05) is 35.4 Å². The molecule has 0 spiro atoms. The lowest BCUT2D eigenvalue weighted by Crippen LogP contribution is -2.31. The topological polar surface area (TPSA) is 71.8 Å². The van der Waals surface area contributed by atoms with Crippen LogP contribution >= 0.6 is 11.6 Å². The fourth-order valence-corrected chi connectivity index (χ4v) is 3.88. The molecule has 0 bridgehead atoms. The van der Waals surface area contributed by atoms with Crippen LogP contribution in [0.2, 0.25) is 5.02 Å². The number of methoxy groups -OCH3 is 1. The van der Waals surface area contributed by atoms with Gasteiger partial charge >= 0.3 is 0 Å². The highest BCUT2D eigenvalue weighted by Gasteiger charge is 2.40. The van der Waals surface area contributed by atoms with Crippen molar-refractivity contribution in [2.45, 2.75) is 20.4 Å². The van der Waals surface area contributed by atoms with E-state index in [1.807, 2.05) is 32.0 Å². The normalized spacial score (nSPS) is 13.9. The Morgan fingerprint density at radius 3 is 2.52 bits per heavy atom. The highest BCUT2D eigenvalue weighted by Crippen LogP contribution is 2.35. The van der Waals surface area contributed by atoms with Crippen molar-refractivity contribution in [3.8, 4) is 5.75 Å². The number of aryl methyl sites for hydroxylation is 2. The summed E-state index contributed by atoms with van der Waals surface area (Å²) in [5.74, 6) is 0.235. The van der Waals surface area contributed by atoms with E-state index in [0.29, 0.717) is 33.4 Å². The summed E-state index contributed by atoms with van der Waals surface area (Å²) in [6.45, 7) is 3.95. The molecule has 1 aromatic heterocycles. The van der Waals surface area contributed by atoms with E-state index in [2.05, 4.69) is 5.32 Å². The van der Waals surface area contributed by atoms with E-state index in [4.69, 9.17) is 20.8 Å². The maximum Gasteiger partial charge on any atom is 0.278 e. The molecule has 158 valence electrons. The molecule has 6 nitrogen and oxygen atoms in total. The highest BCUT2D eigenvalue weighted by molar-refractivity contribution is 6.37. The number of hydrogen-bond donors (Lipinski definition) is 1. The zero-order valence-electron chi connectivity index (χ0n) is 17.4. The lowest BCUT2D eigenvalue weighted by molar-refractivity contribution is -0.137. The molecule has 1 aliphatic rings. The first-order valence-corrected chi connectivity index (χ1v) is 10.1. The molecule has 0 saturated carbocycles. The van der Waals surface area contributed by atoms with E-state index in [1.54, 1.807) is 30.3 Å². The summed E-state index contributed by atoms with van der Waals surface area (Å²) in [7, 11) is 1.53. The van der Waals surface area contributed by atoms with Crippen LogP contribution in [-0.4, -0.2) is 23.8 Å². The Morgan fingerprint density at radius 1 is 1.06 bits per heavy atom. The van der Waals surface area contributed by atoms with E-state index in [1.165, 1.54) is 18.3 Å². The Bertz CT molecular complexity index is 1200. The van der Waals surface area contributed by atoms with E-state index < -0.39 is 5.91 Å². The molecule has 0 unspecified atom stereocenters. The molecule has 2 heterocycles. The van der Waals surface area contributed by atoms with Crippen molar-refractivity contribution in [3.63, 3.8) is 0 Å². The molecule has 1 aliphatic heterocycles. The van der Waals surface area contributed by atoms with E-state index in [-0.39, 0.29) is 18.1 Å². The van der Waals surface area contributed by atoms with Crippen LogP contribution in [0.1, 0.15) is 22.5 Å². The molecule has 0 fully saturated rings. The molecular formula is C24H21ClN2O4. The summed E-state index contributed by atoms with van der Waals surface area (Å²) in [5.41, 5.74) is 3.77. The Labute approximate surface area is 185 Å². The Morgan fingerprint density at radius 2 is 1.87 bits per heavy atom. The number of benzene rings is 2. The summed E-state index contributed by atoms with van der Waals surface area (Å²) in [5, 5.41) is 3.50. The molecule has 1 N–H and O–H groups in total. The fourth-order valence-electron chi connectivity index (χ4n) is 3.63. The van der Waals surface area contributed by atoms with Crippen LogP contribution in [0.25, 0.3) is 5.57 Å². The summed E-state index contributed by atoms with van der Waals surface area (Å²) in [6, 6.07) is 14.3. The lowest BCUT2D eigenvalue weighted by atomic mass is 9.97. The average Bonchev–Trinajstić information content (AvgIpc) is 3.32. The van der Waals surface area contributed by atoms with Crippen LogP contribution in [0.5, 0.6) is 5.75 Å². The van der Waals surface area contributed by atoms with Gasteiger partial charge in [-0.25, -0.2) is 0 Å². The molecule has 0 saturated heterocycles. The molecule has 3 aromatic rings. The second-order valence-electron chi connectivity index (χ2n) is 7.32. The number of nitrogens with one attached hydrogen (secondary N) is 1. The maximum atomic E-state index is 13.4. The summed E-state index contributed by atoms with van der Waals surface area (Å²) in [4.78, 5) is 27.9. The third kappa shape index (κ3) is 3.94. The molecular weight excluding hydrogens is 416 g/mol. The molecule has 0 radical (unpaired) electrons. The quantitative estimate of drug-likeness (QED) is 0.553. The number of ether oxygens (including phenoxy) is 1. The first-order valence-electron chi connectivity index (χ1n) is 9.70. The number of carbonyl (C=O) groups is 2. The van der Waals surface area contributed by atoms with Gasteiger partial charge in [0, 0.05) is 5.69 Å². The highest BCUT2D eigenvalue weighted by atomic mass is 35.5. The minimum Gasteiger partial charge on any atom is -0.495 e. The van der Waals surface area contributed by atoms with Gasteiger partial charge in [0.25, 0.3) is 11.8 Å². The monoisotopic (exact) mass is 436 g/mol.